The first kappa shape index (κ1) is 10.7. The van der Waals surface area contributed by atoms with Crippen LogP contribution in [0.3, 0.4) is 0 Å². The highest BCUT2D eigenvalue weighted by Gasteiger charge is 2.22. The van der Waals surface area contributed by atoms with Gasteiger partial charge in [-0.25, -0.2) is 4.98 Å². The summed E-state index contributed by atoms with van der Waals surface area (Å²) >= 11 is 0. The predicted octanol–water partition coefficient (Wildman–Crippen LogP) is 2.74. The molecule has 1 heterocycles. The minimum absolute atomic E-state index is 0.416. The molecule has 1 fully saturated rings. The van der Waals surface area contributed by atoms with Gasteiger partial charge in [-0.1, -0.05) is 26.2 Å². The zero-order valence-electron chi connectivity index (χ0n) is 9.46. The number of hydrogen-bond acceptors (Lipinski definition) is 3. The first-order chi connectivity index (χ1) is 7.35. The van der Waals surface area contributed by atoms with Gasteiger partial charge in [0.1, 0.15) is 5.76 Å². The Bertz CT molecular complexity index is 313. The molecule has 0 amide bonds. The van der Waals surface area contributed by atoms with Crippen LogP contribution in [0.1, 0.15) is 62.3 Å². The van der Waals surface area contributed by atoms with Gasteiger partial charge < -0.3 is 10.2 Å². The Kier molecular flexibility index (Phi) is 3.41. The molecule has 0 spiro atoms. The average Bonchev–Trinajstić information content (AvgIpc) is 2.73. The fraction of sp³-hybridized carbons (Fsp3) is 0.750. The van der Waals surface area contributed by atoms with Gasteiger partial charge in [-0.15, -0.1) is 0 Å². The summed E-state index contributed by atoms with van der Waals surface area (Å²) in [6.07, 6.45) is 7.50. The Hall–Kier alpha value is -0.830. The first-order valence-electron chi connectivity index (χ1n) is 6.03. The van der Waals surface area contributed by atoms with Crippen molar-refractivity contribution in [3.8, 4) is 0 Å². The lowest BCUT2D eigenvalue weighted by atomic mass is 9.86. The van der Waals surface area contributed by atoms with E-state index in [1.165, 1.54) is 37.8 Å². The van der Waals surface area contributed by atoms with E-state index < -0.39 is 0 Å². The van der Waals surface area contributed by atoms with Crippen molar-refractivity contribution in [3.05, 3.63) is 17.3 Å². The van der Waals surface area contributed by atoms with Crippen LogP contribution < -0.4 is 5.73 Å². The van der Waals surface area contributed by atoms with Crippen molar-refractivity contribution in [1.82, 2.24) is 4.98 Å². The maximum Gasteiger partial charge on any atom is 0.208 e. The van der Waals surface area contributed by atoms with E-state index in [0.29, 0.717) is 18.4 Å². The van der Waals surface area contributed by atoms with Crippen molar-refractivity contribution in [1.29, 1.82) is 0 Å². The van der Waals surface area contributed by atoms with E-state index in [1.807, 2.05) is 0 Å². The van der Waals surface area contributed by atoms with Gasteiger partial charge >= 0.3 is 0 Å². The molecule has 2 rings (SSSR count). The standard InChI is InChI=1S/C12H20N2O/c1-2-10-12(14-11(8-13)15-10)9-6-4-3-5-7-9/h9H,2-8,13H2,1H3. The van der Waals surface area contributed by atoms with Crippen LogP contribution in [0.2, 0.25) is 0 Å². The summed E-state index contributed by atoms with van der Waals surface area (Å²) in [6.45, 7) is 2.53. The molecule has 0 atom stereocenters. The normalized spacial score (nSPS) is 18.3. The molecular formula is C12H20N2O. The number of aromatic nitrogens is 1. The third-order valence-electron chi connectivity index (χ3n) is 3.26. The molecule has 0 radical (unpaired) electrons. The molecule has 15 heavy (non-hydrogen) atoms. The first-order valence-corrected chi connectivity index (χ1v) is 6.03. The fourth-order valence-corrected chi connectivity index (χ4v) is 2.45. The molecule has 2 N–H and O–H groups in total. The highest BCUT2D eigenvalue weighted by molar-refractivity contribution is 5.16. The van der Waals surface area contributed by atoms with Gasteiger partial charge in [-0.2, -0.15) is 0 Å². The van der Waals surface area contributed by atoms with E-state index in [1.54, 1.807) is 0 Å². The lowest BCUT2D eigenvalue weighted by Gasteiger charge is -2.20. The van der Waals surface area contributed by atoms with Crippen LogP contribution in [0.4, 0.5) is 0 Å². The molecule has 1 aromatic heterocycles. The Morgan fingerprint density at radius 3 is 2.67 bits per heavy atom. The molecule has 0 unspecified atom stereocenters. The Morgan fingerprint density at radius 2 is 2.07 bits per heavy atom. The van der Waals surface area contributed by atoms with E-state index >= 15 is 0 Å². The molecule has 0 saturated heterocycles. The second kappa shape index (κ2) is 4.79. The molecule has 1 saturated carbocycles. The van der Waals surface area contributed by atoms with Crippen molar-refractivity contribution in [3.63, 3.8) is 0 Å². The lowest BCUT2D eigenvalue weighted by molar-refractivity contribution is 0.424. The van der Waals surface area contributed by atoms with Crippen LogP contribution in [-0.2, 0) is 13.0 Å². The summed E-state index contributed by atoms with van der Waals surface area (Å²) < 4.78 is 5.63. The van der Waals surface area contributed by atoms with Gasteiger partial charge in [0.2, 0.25) is 5.89 Å². The van der Waals surface area contributed by atoms with E-state index in [9.17, 15) is 0 Å². The maximum absolute atomic E-state index is 5.63. The van der Waals surface area contributed by atoms with Gasteiger partial charge in [0.05, 0.1) is 12.2 Å². The van der Waals surface area contributed by atoms with E-state index in [4.69, 9.17) is 10.2 Å². The summed E-state index contributed by atoms with van der Waals surface area (Å²) in [4.78, 5) is 4.53. The van der Waals surface area contributed by atoms with Gasteiger partial charge in [0, 0.05) is 12.3 Å². The molecular weight excluding hydrogens is 188 g/mol. The summed E-state index contributed by atoms with van der Waals surface area (Å²) in [5.41, 5.74) is 6.75. The van der Waals surface area contributed by atoms with Crippen molar-refractivity contribution in [2.45, 2.75) is 57.9 Å². The Labute approximate surface area is 91.1 Å². The minimum Gasteiger partial charge on any atom is -0.444 e. The number of oxazole rings is 1. The summed E-state index contributed by atoms with van der Waals surface area (Å²) in [7, 11) is 0. The monoisotopic (exact) mass is 208 g/mol. The number of nitrogens with two attached hydrogens (primary N) is 1. The molecule has 0 aromatic carbocycles. The van der Waals surface area contributed by atoms with Crippen molar-refractivity contribution in [2.75, 3.05) is 0 Å². The highest BCUT2D eigenvalue weighted by Crippen LogP contribution is 2.34. The van der Waals surface area contributed by atoms with Crippen molar-refractivity contribution >= 4 is 0 Å². The Balaban J connectivity index is 2.20. The molecule has 0 aliphatic heterocycles. The average molecular weight is 208 g/mol. The molecule has 1 aliphatic rings. The van der Waals surface area contributed by atoms with Crippen molar-refractivity contribution in [2.24, 2.45) is 5.73 Å². The van der Waals surface area contributed by atoms with E-state index in [-0.39, 0.29) is 0 Å². The topological polar surface area (TPSA) is 52.0 Å². The molecule has 1 aliphatic carbocycles. The van der Waals surface area contributed by atoms with Gasteiger partial charge in [-0.05, 0) is 12.8 Å². The SMILES string of the molecule is CCc1oc(CN)nc1C1CCCCC1. The summed E-state index contributed by atoms with van der Waals surface area (Å²) in [6, 6.07) is 0. The van der Waals surface area contributed by atoms with Crippen LogP contribution >= 0.6 is 0 Å². The summed E-state index contributed by atoms with van der Waals surface area (Å²) in [5.74, 6) is 2.38. The number of nitrogens with zero attached hydrogens (tertiary/aromatic N) is 1. The van der Waals surface area contributed by atoms with Crippen LogP contribution in [0.15, 0.2) is 4.42 Å². The fourth-order valence-electron chi connectivity index (χ4n) is 2.45. The zero-order chi connectivity index (χ0) is 10.7. The van der Waals surface area contributed by atoms with E-state index in [0.717, 1.165) is 12.2 Å². The van der Waals surface area contributed by atoms with Crippen molar-refractivity contribution < 1.29 is 4.42 Å². The van der Waals surface area contributed by atoms with Crippen LogP contribution in [0.5, 0.6) is 0 Å². The smallest absolute Gasteiger partial charge is 0.208 e. The van der Waals surface area contributed by atoms with Crippen LogP contribution in [-0.4, -0.2) is 4.98 Å². The molecule has 1 aromatic rings. The van der Waals surface area contributed by atoms with Gasteiger partial charge in [0.25, 0.3) is 0 Å². The quantitative estimate of drug-likeness (QED) is 0.831. The Morgan fingerprint density at radius 1 is 1.33 bits per heavy atom. The lowest BCUT2D eigenvalue weighted by Crippen LogP contribution is -2.07. The second-order valence-corrected chi connectivity index (χ2v) is 4.31. The molecule has 3 heteroatoms. The molecule has 3 nitrogen and oxygen atoms in total. The number of aryl methyl sites for hydroxylation is 1. The maximum atomic E-state index is 5.63. The highest BCUT2D eigenvalue weighted by atomic mass is 16.4. The third kappa shape index (κ3) is 2.23. The van der Waals surface area contributed by atoms with Crippen LogP contribution in [0.25, 0.3) is 0 Å². The number of hydrogen-bond donors (Lipinski definition) is 1. The second-order valence-electron chi connectivity index (χ2n) is 4.31. The molecule has 84 valence electrons. The van der Waals surface area contributed by atoms with E-state index in [2.05, 4.69) is 11.9 Å². The largest absolute Gasteiger partial charge is 0.444 e. The molecule has 0 bridgehead atoms. The van der Waals surface area contributed by atoms with Gasteiger partial charge in [-0.3, -0.25) is 0 Å². The zero-order valence-corrected chi connectivity index (χ0v) is 9.46. The van der Waals surface area contributed by atoms with Crippen LogP contribution in [0, 0.1) is 0 Å². The number of rotatable bonds is 3. The van der Waals surface area contributed by atoms with Gasteiger partial charge in [0.15, 0.2) is 0 Å². The predicted molar refractivity (Wildman–Crippen MR) is 59.6 cm³/mol. The third-order valence-corrected chi connectivity index (χ3v) is 3.26. The minimum atomic E-state index is 0.416. The summed E-state index contributed by atoms with van der Waals surface area (Å²) in [5, 5.41) is 0.